The molecule has 0 unspecified atom stereocenters. The highest BCUT2D eigenvalue weighted by atomic mass is 15.0. The highest BCUT2D eigenvalue weighted by molar-refractivity contribution is 5.96. The van der Waals surface area contributed by atoms with Gasteiger partial charge in [0.25, 0.3) is 0 Å². The summed E-state index contributed by atoms with van der Waals surface area (Å²) in [5.41, 5.74) is 14.0. The molecule has 1 aliphatic carbocycles. The summed E-state index contributed by atoms with van der Waals surface area (Å²) in [7, 11) is 0. The summed E-state index contributed by atoms with van der Waals surface area (Å²) in [6, 6.07) is 44.3. The minimum atomic E-state index is 1.06. The van der Waals surface area contributed by atoms with E-state index >= 15 is 0 Å². The predicted octanol–water partition coefficient (Wildman–Crippen LogP) is 9.90. The van der Waals surface area contributed by atoms with Gasteiger partial charge in [0.2, 0.25) is 0 Å². The van der Waals surface area contributed by atoms with Gasteiger partial charge in [0.05, 0.1) is 5.52 Å². The molecule has 7 rings (SSSR count). The molecule has 0 N–H and O–H groups in total. The molecular formula is C37H29N. The first-order valence-corrected chi connectivity index (χ1v) is 13.4. The van der Waals surface area contributed by atoms with E-state index in [1.54, 1.807) is 0 Å². The summed E-state index contributed by atoms with van der Waals surface area (Å²) in [4.78, 5) is 0. The molecular weight excluding hydrogens is 458 g/mol. The first-order chi connectivity index (χ1) is 18.7. The van der Waals surface area contributed by atoms with Crippen LogP contribution in [-0.4, -0.2) is 4.57 Å². The van der Waals surface area contributed by atoms with Crippen molar-refractivity contribution in [1.82, 2.24) is 4.57 Å². The average molecular weight is 488 g/mol. The third kappa shape index (κ3) is 3.97. The number of fused-ring (bicyclic) bond motifs is 3. The summed E-state index contributed by atoms with van der Waals surface area (Å²) < 4.78 is 2.48. The molecule has 5 aromatic carbocycles. The molecule has 0 saturated carbocycles. The van der Waals surface area contributed by atoms with Crippen LogP contribution in [0.5, 0.6) is 0 Å². The van der Waals surface area contributed by atoms with Gasteiger partial charge in [0.15, 0.2) is 0 Å². The molecule has 0 atom stereocenters. The van der Waals surface area contributed by atoms with E-state index in [0.29, 0.717) is 0 Å². The highest BCUT2D eigenvalue weighted by Crippen LogP contribution is 2.37. The zero-order valence-electron chi connectivity index (χ0n) is 21.6. The van der Waals surface area contributed by atoms with Crippen molar-refractivity contribution in [2.24, 2.45) is 0 Å². The average Bonchev–Trinajstić information content (AvgIpc) is 3.32. The lowest BCUT2D eigenvalue weighted by Gasteiger charge is -2.14. The second kappa shape index (κ2) is 9.36. The molecule has 0 spiro atoms. The number of hydrogen-bond acceptors (Lipinski definition) is 0. The van der Waals surface area contributed by atoms with E-state index in [-0.39, 0.29) is 0 Å². The maximum absolute atomic E-state index is 2.48. The molecule has 182 valence electrons. The Balaban J connectivity index is 1.31. The number of nitrogens with zero attached hydrogens (tertiary/aromatic N) is 1. The summed E-state index contributed by atoms with van der Waals surface area (Å²) in [6.07, 6.45) is 6.76. The van der Waals surface area contributed by atoms with E-state index in [4.69, 9.17) is 0 Å². The van der Waals surface area contributed by atoms with Gasteiger partial charge in [-0.05, 0) is 71.3 Å². The molecule has 0 bridgehead atoms. The standard InChI is InChI=1S/C37H29N/c1-26-11-13-28(14-12-26)29-15-17-31(18-16-29)32-21-24-35-34-9-5-6-10-36(34)38(37(35)25-32)33-22-19-30(20-23-33)27-7-3-2-4-8-27/h2-5,7-9,11-25H,6,10H2,1H3. The third-order valence-electron chi connectivity index (χ3n) is 7.78. The lowest BCUT2D eigenvalue weighted by molar-refractivity contribution is 0.889. The molecule has 1 nitrogen and oxygen atoms in total. The van der Waals surface area contributed by atoms with Gasteiger partial charge < -0.3 is 4.57 Å². The molecule has 1 heterocycles. The predicted molar refractivity (Wildman–Crippen MR) is 162 cm³/mol. The molecule has 1 aliphatic rings. The van der Waals surface area contributed by atoms with Gasteiger partial charge >= 0.3 is 0 Å². The highest BCUT2D eigenvalue weighted by Gasteiger charge is 2.19. The fourth-order valence-electron chi connectivity index (χ4n) is 5.73. The van der Waals surface area contributed by atoms with Crippen LogP contribution in [0.4, 0.5) is 0 Å². The van der Waals surface area contributed by atoms with Gasteiger partial charge in [-0.1, -0.05) is 121 Å². The second-order valence-corrected chi connectivity index (χ2v) is 10.2. The van der Waals surface area contributed by atoms with E-state index < -0.39 is 0 Å². The van der Waals surface area contributed by atoms with E-state index in [9.17, 15) is 0 Å². The Bertz CT molecular complexity index is 1770. The summed E-state index contributed by atoms with van der Waals surface area (Å²) in [6.45, 7) is 2.13. The van der Waals surface area contributed by atoms with Crippen LogP contribution in [0, 0.1) is 6.92 Å². The summed E-state index contributed by atoms with van der Waals surface area (Å²) in [5.74, 6) is 0. The Labute approximate surface area is 224 Å². The Hall–Kier alpha value is -4.62. The molecule has 0 fully saturated rings. The smallest absolute Gasteiger partial charge is 0.0543 e. The molecule has 0 saturated heterocycles. The van der Waals surface area contributed by atoms with Crippen LogP contribution < -0.4 is 0 Å². The van der Waals surface area contributed by atoms with Crippen molar-refractivity contribution in [3.63, 3.8) is 0 Å². The van der Waals surface area contributed by atoms with E-state index in [2.05, 4.69) is 145 Å². The van der Waals surface area contributed by atoms with Crippen LogP contribution in [0.3, 0.4) is 0 Å². The summed E-state index contributed by atoms with van der Waals surface area (Å²) >= 11 is 0. The third-order valence-corrected chi connectivity index (χ3v) is 7.78. The number of aryl methyl sites for hydroxylation is 1. The number of hydrogen-bond donors (Lipinski definition) is 0. The van der Waals surface area contributed by atoms with Crippen LogP contribution in [0.25, 0.3) is 56.0 Å². The van der Waals surface area contributed by atoms with E-state index in [1.807, 2.05) is 0 Å². The topological polar surface area (TPSA) is 4.93 Å². The van der Waals surface area contributed by atoms with Crippen molar-refractivity contribution >= 4 is 17.0 Å². The quantitative estimate of drug-likeness (QED) is 0.233. The Morgan fingerprint density at radius 1 is 0.553 bits per heavy atom. The molecule has 1 aromatic heterocycles. The Morgan fingerprint density at radius 2 is 1.11 bits per heavy atom. The van der Waals surface area contributed by atoms with Crippen LogP contribution in [-0.2, 0) is 6.42 Å². The maximum atomic E-state index is 2.48. The van der Waals surface area contributed by atoms with Crippen molar-refractivity contribution in [2.75, 3.05) is 0 Å². The van der Waals surface area contributed by atoms with Gasteiger partial charge in [-0.25, -0.2) is 0 Å². The first-order valence-electron chi connectivity index (χ1n) is 13.4. The molecule has 0 radical (unpaired) electrons. The molecule has 6 aromatic rings. The fraction of sp³-hybridized carbons (Fsp3) is 0.0811. The number of aromatic nitrogens is 1. The van der Waals surface area contributed by atoms with Crippen LogP contribution in [0.2, 0.25) is 0 Å². The Kier molecular flexibility index (Phi) is 5.56. The van der Waals surface area contributed by atoms with Crippen molar-refractivity contribution in [1.29, 1.82) is 0 Å². The monoisotopic (exact) mass is 487 g/mol. The first kappa shape index (κ1) is 22.6. The Morgan fingerprint density at radius 3 is 1.79 bits per heavy atom. The lowest BCUT2D eigenvalue weighted by atomic mass is 9.98. The van der Waals surface area contributed by atoms with Gasteiger partial charge in [-0.2, -0.15) is 0 Å². The van der Waals surface area contributed by atoms with Gasteiger partial charge in [-0.3, -0.25) is 0 Å². The number of benzene rings is 5. The fourth-order valence-corrected chi connectivity index (χ4v) is 5.73. The second-order valence-electron chi connectivity index (χ2n) is 10.2. The normalized spacial score (nSPS) is 12.6. The van der Waals surface area contributed by atoms with E-state index in [0.717, 1.165) is 12.8 Å². The van der Waals surface area contributed by atoms with Crippen LogP contribution in [0.15, 0.2) is 127 Å². The zero-order chi connectivity index (χ0) is 25.5. The van der Waals surface area contributed by atoms with Crippen molar-refractivity contribution in [3.05, 3.63) is 144 Å². The van der Waals surface area contributed by atoms with Gasteiger partial charge in [-0.15, -0.1) is 0 Å². The van der Waals surface area contributed by atoms with Crippen LogP contribution in [0.1, 0.15) is 23.2 Å². The zero-order valence-corrected chi connectivity index (χ0v) is 21.6. The van der Waals surface area contributed by atoms with Crippen LogP contribution >= 0.6 is 0 Å². The molecule has 1 heteroatoms. The lowest BCUT2D eigenvalue weighted by Crippen LogP contribution is -2.02. The van der Waals surface area contributed by atoms with Gasteiger partial charge in [0.1, 0.15) is 0 Å². The van der Waals surface area contributed by atoms with Crippen molar-refractivity contribution < 1.29 is 0 Å². The molecule has 0 aliphatic heterocycles. The number of allylic oxidation sites excluding steroid dienone is 1. The van der Waals surface area contributed by atoms with Crippen molar-refractivity contribution in [3.8, 4) is 39.1 Å². The number of rotatable bonds is 4. The molecule has 0 amide bonds. The minimum absolute atomic E-state index is 1.06. The maximum Gasteiger partial charge on any atom is 0.0543 e. The summed E-state index contributed by atoms with van der Waals surface area (Å²) in [5, 5.41) is 1.32. The SMILES string of the molecule is Cc1ccc(-c2ccc(-c3ccc4c5c(n(-c6ccc(-c7ccccc7)cc6)c4c3)CCC=C5)cc2)cc1. The largest absolute Gasteiger partial charge is 0.313 e. The van der Waals surface area contributed by atoms with E-state index in [1.165, 1.54) is 66.8 Å². The van der Waals surface area contributed by atoms with Gasteiger partial charge in [0, 0.05) is 22.3 Å². The minimum Gasteiger partial charge on any atom is -0.313 e. The van der Waals surface area contributed by atoms with Crippen molar-refractivity contribution in [2.45, 2.75) is 19.8 Å². The molecule has 38 heavy (non-hydrogen) atoms.